The van der Waals surface area contributed by atoms with Crippen LogP contribution in [0.25, 0.3) is 0 Å². The lowest BCUT2D eigenvalue weighted by Gasteiger charge is -2.00. The van der Waals surface area contributed by atoms with Crippen LogP contribution in [0, 0.1) is 0 Å². The Morgan fingerprint density at radius 3 is 2.83 bits per heavy atom. The van der Waals surface area contributed by atoms with E-state index >= 15 is 0 Å². The molecule has 0 radical (unpaired) electrons. The van der Waals surface area contributed by atoms with Crippen molar-refractivity contribution in [1.29, 1.82) is 0 Å². The number of hydrogen-bond donors (Lipinski definition) is 2. The lowest BCUT2D eigenvalue weighted by Crippen LogP contribution is -2.40. The third-order valence-electron chi connectivity index (χ3n) is 1.92. The van der Waals surface area contributed by atoms with E-state index in [0.717, 1.165) is 0 Å². The van der Waals surface area contributed by atoms with E-state index in [4.69, 9.17) is 4.55 Å². The Labute approximate surface area is 105 Å². The van der Waals surface area contributed by atoms with Crippen LogP contribution in [-0.2, 0) is 21.1 Å². The standard InChI is InChI=1S/C9H13N3O5S/c1-2-10-9(13)8-3-4-12(11-7-8)5-6-17-18(14,15)16/h3-4,7H,2,5-6H2,1H3,(H-,10,13,14,15,16)/p+1. The summed E-state index contributed by atoms with van der Waals surface area (Å²) in [5, 5.41) is 6.52. The molecule has 1 aromatic heterocycles. The minimum absolute atomic E-state index is 0.134. The molecule has 0 aliphatic heterocycles. The first-order valence-electron chi connectivity index (χ1n) is 5.18. The molecule has 100 valence electrons. The molecule has 0 unspecified atom stereocenters. The second-order valence-corrected chi connectivity index (χ2v) is 4.38. The zero-order valence-electron chi connectivity index (χ0n) is 9.74. The molecule has 0 aliphatic carbocycles. The van der Waals surface area contributed by atoms with E-state index in [1.54, 1.807) is 13.0 Å². The Hall–Kier alpha value is -1.58. The predicted molar refractivity (Wildman–Crippen MR) is 59.9 cm³/mol. The first kappa shape index (κ1) is 14.5. The molecule has 0 saturated heterocycles. The fourth-order valence-corrected chi connectivity index (χ4v) is 1.43. The smallest absolute Gasteiger partial charge is 0.352 e. The number of nitrogens with zero attached hydrogens (tertiary/aromatic N) is 2. The van der Waals surface area contributed by atoms with Crippen molar-refractivity contribution < 1.29 is 26.6 Å². The van der Waals surface area contributed by atoms with E-state index in [9.17, 15) is 13.2 Å². The fourth-order valence-electron chi connectivity index (χ4n) is 1.15. The van der Waals surface area contributed by atoms with Gasteiger partial charge >= 0.3 is 10.4 Å². The number of carbonyl (C=O) groups excluding carboxylic acids is 1. The minimum atomic E-state index is -4.43. The molecule has 8 nitrogen and oxygen atoms in total. The number of nitrogens with one attached hydrogen (secondary N) is 1. The average Bonchev–Trinajstić information content (AvgIpc) is 2.28. The monoisotopic (exact) mass is 276 g/mol. The molecule has 2 N–H and O–H groups in total. The highest BCUT2D eigenvalue weighted by atomic mass is 32.3. The maximum absolute atomic E-state index is 11.4. The molecule has 9 heteroatoms. The summed E-state index contributed by atoms with van der Waals surface area (Å²) < 4.78 is 34.4. The highest BCUT2D eigenvalue weighted by Crippen LogP contribution is 1.92. The van der Waals surface area contributed by atoms with Gasteiger partial charge in [0, 0.05) is 12.6 Å². The summed E-state index contributed by atoms with van der Waals surface area (Å²) in [5.41, 5.74) is 0.406. The van der Waals surface area contributed by atoms with Gasteiger partial charge in [0.25, 0.3) is 5.91 Å². The molecule has 0 atom stereocenters. The molecule has 0 aromatic carbocycles. The van der Waals surface area contributed by atoms with Gasteiger partial charge in [-0.2, -0.15) is 8.42 Å². The van der Waals surface area contributed by atoms with Crippen LogP contribution in [0.15, 0.2) is 18.5 Å². The number of amides is 1. The molecule has 1 rings (SSSR count). The molecule has 0 fully saturated rings. The summed E-state index contributed by atoms with van der Waals surface area (Å²) in [6.45, 7) is 2.23. The molecule has 0 aliphatic rings. The highest BCUT2D eigenvalue weighted by molar-refractivity contribution is 7.80. The van der Waals surface area contributed by atoms with Gasteiger partial charge in [-0.25, -0.2) is 4.18 Å². The third kappa shape index (κ3) is 5.17. The SMILES string of the molecule is CCNC(=O)c1cc[n+](CCOS(=O)(=O)O)nc1. The van der Waals surface area contributed by atoms with E-state index in [-0.39, 0.29) is 19.1 Å². The Morgan fingerprint density at radius 2 is 2.33 bits per heavy atom. The molecule has 0 bridgehead atoms. The van der Waals surface area contributed by atoms with Crippen LogP contribution in [-0.4, -0.2) is 37.1 Å². The molecule has 0 spiro atoms. The molecular weight excluding hydrogens is 262 g/mol. The van der Waals surface area contributed by atoms with Crippen LogP contribution in [0.2, 0.25) is 0 Å². The summed E-state index contributed by atoms with van der Waals surface area (Å²) in [5.74, 6) is -0.230. The fraction of sp³-hybridized carbons (Fsp3) is 0.444. The quantitative estimate of drug-likeness (QED) is 0.506. The Balaban J connectivity index is 2.53. The molecule has 1 amide bonds. The summed E-state index contributed by atoms with van der Waals surface area (Å²) in [4.78, 5) is 11.4. The van der Waals surface area contributed by atoms with Crippen LogP contribution < -0.4 is 10.00 Å². The number of rotatable bonds is 6. The maximum atomic E-state index is 11.4. The summed E-state index contributed by atoms with van der Waals surface area (Å²) in [6.07, 6.45) is 2.87. The van der Waals surface area contributed by atoms with Crippen LogP contribution in [0.3, 0.4) is 0 Å². The van der Waals surface area contributed by atoms with E-state index in [2.05, 4.69) is 14.6 Å². The number of aromatic nitrogens is 2. The van der Waals surface area contributed by atoms with Crippen molar-refractivity contribution in [2.75, 3.05) is 13.2 Å². The van der Waals surface area contributed by atoms with Gasteiger partial charge in [0.15, 0.2) is 12.7 Å². The van der Waals surface area contributed by atoms with Crippen LogP contribution in [0.1, 0.15) is 17.3 Å². The Bertz CT molecular complexity index is 499. The lowest BCUT2D eigenvalue weighted by molar-refractivity contribution is -0.754. The Morgan fingerprint density at radius 1 is 1.61 bits per heavy atom. The molecule has 0 saturated carbocycles. The van der Waals surface area contributed by atoms with Crippen molar-refractivity contribution in [3.63, 3.8) is 0 Å². The lowest BCUT2D eigenvalue weighted by atomic mass is 10.3. The largest absolute Gasteiger partial charge is 0.397 e. The van der Waals surface area contributed by atoms with Crippen molar-refractivity contribution in [2.24, 2.45) is 0 Å². The van der Waals surface area contributed by atoms with E-state index in [1.165, 1.54) is 17.1 Å². The van der Waals surface area contributed by atoms with Crippen molar-refractivity contribution in [3.8, 4) is 0 Å². The summed E-state index contributed by atoms with van der Waals surface area (Å²) >= 11 is 0. The van der Waals surface area contributed by atoms with Gasteiger partial charge in [-0.15, -0.1) is 0 Å². The minimum Gasteiger partial charge on any atom is -0.352 e. The van der Waals surface area contributed by atoms with Crippen molar-refractivity contribution >= 4 is 16.3 Å². The van der Waals surface area contributed by atoms with E-state index in [1.807, 2.05) is 0 Å². The first-order valence-corrected chi connectivity index (χ1v) is 6.54. The maximum Gasteiger partial charge on any atom is 0.397 e. The topological polar surface area (TPSA) is 109 Å². The van der Waals surface area contributed by atoms with E-state index in [0.29, 0.717) is 12.1 Å². The number of carbonyl (C=O) groups is 1. The predicted octanol–water partition coefficient (Wildman–Crippen LogP) is -1.06. The van der Waals surface area contributed by atoms with Gasteiger partial charge in [-0.3, -0.25) is 9.35 Å². The summed E-state index contributed by atoms with van der Waals surface area (Å²) in [6, 6.07) is 1.55. The number of hydrogen-bond acceptors (Lipinski definition) is 5. The second kappa shape index (κ2) is 6.38. The van der Waals surface area contributed by atoms with Gasteiger partial charge in [0.05, 0.1) is 5.56 Å². The van der Waals surface area contributed by atoms with Crippen molar-refractivity contribution in [1.82, 2.24) is 10.4 Å². The van der Waals surface area contributed by atoms with Crippen molar-refractivity contribution in [2.45, 2.75) is 13.5 Å². The molecule has 18 heavy (non-hydrogen) atoms. The molecule has 1 aromatic rings. The van der Waals surface area contributed by atoms with Gasteiger partial charge in [0.1, 0.15) is 12.8 Å². The normalized spacial score (nSPS) is 11.2. The first-order chi connectivity index (χ1) is 8.42. The molecular formula is C9H14N3O5S+. The van der Waals surface area contributed by atoms with Crippen molar-refractivity contribution in [3.05, 3.63) is 24.0 Å². The van der Waals surface area contributed by atoms with Gasteiger partial charge < -0.3 is 5.32 Å². The summed E-state index contributed by atoms with van der Waals surface area (Å²) in [7, 11) is -4.43. The highest BCUT2D eigenvalue weighted by Gasteiger charge is 2.10. The van der Waals surface area contributed by atoms with Crippen LogP contribution >= 0.6 is 0 Å². The van der Waals surface area contributed by atoms with Gasteiger partial charge in [-0.1, -0.05) is 4.68 Å². The third-order valence-corrected chi connectivity index (χ3v) is 2.39. The zero-order chi connectivity index (χ0) is 13.6. The van der Waals surface area contributed by atoms with Crippen LogP contribution in [0.4, 0.5) is 0 Å². The zero-order valence-corrected chi connectivity index (χ0v) is 10.6. The Kier molecular flexibility index (Phi) is 5.13. The average molecular weight is 276 g/mol. The van der Waals surface area contributed by atoms with Crippen LogP contribution in [0.5, 0.6) is 0 Å². The van der Waals surface area contributed by atoms with Gasteiger partial charge in [-0.05, 0) is 12.0 Å². The second-order valence-electron chi connectivity index (χ2n) is 3.29. The van der Waals surface area contributed by atoms with Gasteiger partial charge in [0.2, 0.25) is 0 Å². The molecule has 1 heterocycles. The van der Waals surface area contributed by atoms with E-state index < -0.39 is 10.4 Å².